The van der Waals surface area contributed by atoms with Crippen LogP contribution in [0, 0.1) is 0 Å². The Kier molecular flexibility index (Phi) is 5.20. The number of hydrogen-bond acceptors (Lipinski definition) is 3. The smallest absolute Gasteiger partial charge is 0.233 e. The monoisotopic (exact) mass is 307 g/mol. The third kappa shape index (κ3) is 5.27. The molecule has 1 fully saturated rings. The van der Waals surface area contributed by atoms with Crippen LogP contribution in [-0.2, 0) is 11.3 Å². The van der Waals surface area contributed by atoms with Crippen molar-refractivity contribution in [3.05, 3.63) is 29.8 Å². The number of methoxy groups -OCH3 is 1. The van der Waals surface area contributed by atoms with Crippen LogP contribution in [0.5, 0.6) is 5.75 Å². The summed E-state index contributed by atoms with van der Waals surface area (Å²) in [7, 11) is 1.67. The van der Waals surface area contributed by atoms with E-state index in [1.54, 1.807) is 18.9 Å². The van der Waals surface area contributed by atoms with Gasteiger partial charge in [-0.1, -0.05) is 32.9 Å². The van der Waals surface area contributed by atoms with Crippen molar-refractivity contribution in [1.29, 1.82) is 0 Å². The highest BCUT2D eigenvalue weighted by molar-refractivity contribution is 8.01. The molecule has 0 spiro atoms. The van der Waals surface area contributed by atoms with E-state index in [0.717, 1.165) is 24.2 Å². The molecule has 0 heterocycles. The van der Waals surface area contributed by atoms with E-state index in [-0.39, 0.29) is 10.7 Å². The second-order valence-corrected chi connectivity index (χ2v) is 8.30. The van der Waals surface area contributed by atoms with E-state index >= 15 is 0 Å². The maximum absolute atomic E-state index is 12.5. The maximum Gasteiger partial charge on any atom is 0.233 e. The highest BCUT2D eigenvalue weighted by Crippen LogP contribution is 2.31. The lowest BCUT2D eigenvalue weighted by atomic mass is 10.2. The summed E-state index contributed by atoms with van der Waals surface area (Å²) in [6.45, 7) is 7.15. The van der Waals surface area contributed by atoms with Crippen molar-refractivity contribution in [3.8, 4) is 5.75 Å². The van der Waals surface area contributed by atoms with Crippen LogP contribution >= 0.6 is 11.8 Å². The number of amides is 1. The molecule has 0 unspecified atom stereocenters. The number of benzene rings is 1. The van der Waals surface area contributed by atoms with Gasteiger partial charge in [0, 0.05) is 17.3 Å². The Labute approximate surface area is 132 Å². The van der Waals surface area contributed by atoms with Crippen molar-refractivity contribution in [2.24, 2.45) is 0 Å². The fraction of sp³-hybridized carbons (Fsp3) is 0.588. The Bertz CT molecular complexity index is 475. The summed E-state index contributed by atoms with van der Waals surface area (Å²) >= 11 is 1.72. The van der Waals surface area contributed by atoms with Gasteiger partial charge in [0.05, 0.1) is 12.9 Å². The van der Waals surface area contributed by atoms with Gasteiger partial charge >= 0.3 is 0 Å². The molecule has 1 aromatic rings. The fourth-order valence-electron chi connectivity index (χ4n) is 2.10. The lowest BCUT2D eigenvalue weighted by molar-refractivity contribution is -0.129. The molecule has 1 aliphatic rings. The lowest BCUT2D eigenvalue weighted by Gasteiger charge is -2.25. The number of carbonyl (C=O) groups excluding carboxylic acids is 1. The highest BCUT2D eigenvalue weighted by atomic mass is 32.2. The van der Waals surface area contributed by atoms with Gasteiger partial charge in [0.15, 0.2) is 0 Å². The molecule has 1 aliphatic carbocycles. The van der Waals surface area contributed by atoms with Crippen molar-refractivity contribution in [2.45, 2.75) is 50.9 Å². The summed E-state index contributed by atoms with van der Waals surface area (Å²) in [6.07, 6.45) is 2.28. The second kappa shape index (κ2) is 6.73. The predicted octanol–water partition coefficient (Wildman–Crippen LogP) is 3.72. The van der Waals surface area contributed by atoms with Crippen LogP contribution in [0.25, 0.3) is 0 Å². The molecule has 116 valence electrons. The summed E-state index contributed by atoms with van der Waals surface area (Å²) in [5, 5.41) is 0. The summed E-state index contributed by atoms with van der Waals surface area (Å²) in [6, 6.07) is 8.43. The zero-order valence-corrected chi connectivity index (χ0v) is 14.2. The van der Waals surface area contributed by atoms with Crippen LogP contribution in [-0.4, -0.2) is 34.5 Å². The van der Waals surface area contributed by atoms with Gasteiger partial charge in [-0.3, -0.25) is 4.79 Å². The van der Waals surface area contributed by atoms with Crippen LogP contribution in [0.15, 0.2) is 24.3 Å². The molecule has 1 aromatic carbocycles. The van der Waals surface area contributed by atoms with Gasteiger partial charge in [0.1, 0.15) is 5.75 Å². The molecule has 1 amide bonds. The SMILES string of the molecule is COc1ccc(CN(C(=O)CSC(C)(C)C)C2CC2)cc1. The average Bonchev–Trinajstić information content (AvgIpc) is 3.26. The Balaban J connectivity index is 1.96. The normalized spacial score (nSPS) is 14.9. The summed E-state index contributed by atoms with van der Waals surface area (Å²) in [5.41, 5.74) is 1.16. The Morgan fingerprint density at radius 1 is 1.29 bits per heavy atom. The number of carbonyl (C=O) groups is 1. The molecule has 0 aromatic heterocycles. The Morgan fingerprint density at radius 3 is 2.38 bits per heavy atom. The molecule has 0 N–H and O–H groups in total. The zero-order chi connectivity index (χ0) is 15.5. The molecule has 21 heavy (non-hydrogen) atoms. The van der Waals surface area contributed by atoms with Gasteiger partial charge in [-0.25, -0.2) is 0 Å². The third-order valence-electron chi connectivity index (χ3n) is 3.45. The van der Waals surface area contributed by atoms with Crippen molar-refractivity contribution in [1.82, 2.24) is 4.90 Å². The van der Waals surface area contributed by atoms with Gasteiger partial charge < -0.3 is 9.64 Å². The zero-order valence-electron chi connectivity index (χ0n) is 13.4. The van der Waals surface area contributed by atoms with Crippen molar-refractivity contribution < 1.29 is 9.53 Å². The van der Waals surface area contributed by atoms with Gasteiger partial charge in [-0.15, -0.1) is 11.8 Å². The summed E-state index contributed by atoms with van der Waals surface area (Å²) in [4.78, 5) is 14.5. The van der Waals surface area contributed by atoms with Gasteiger partial charge in [0.2, 0.25) is 5.91 Å². The number of rotatable bonds is 6. The predicted molar refractivity (Wildman–Crippen MR) is 88.8 cm³/mol. The van der Waals surface area contributed by atoms with Crippen LogP contribution in [0.4, 0.5) is 0 Å². The highest BCUT2D eigenvalue weighted by Gasteiger charge is 2.32. The first-order valence-corrected chi connectivity index (χ1v) is 8.44. The van der Waals surface area contributed by atoms with Crippen LogP contribution < -0.4 is 4.74 Å². The van der Waals surface area contributed by atoms with Crippen LogP contribution in [0.1, 0.15) is 39.2 Å². The molecule has 4 heteroatoms. The van der Waals surface area contributed by atoms with Crippen molar-refractivity contribution in [2.75, 3.05) is 12.9 Å². The largest absolute Gasteiger partial charge is 0.497 e. The van der Waals surface area contributed by atoms with Crippen LogP contribution in [0.2, 0.25) is 0 Å². The minimum atomic E-state index is 0.130. The molecule has 3 nitrogen and oxygen atoms in total. The number of ether oxygens (including phenoxy) is 1. The maximum atomic E-state index is 12.5. The molecule has 2 rings (SSSR count). The van der Waals surface area contributed by atoms with Gasteiger partial charge in [0.25, 0.3) is 0 Å². The molecular weight excluding hydrogens is 282 g/mol. The van der Waals surface area contributed by atoms with Crippen molar-refractivity contribution >= 4 is 17.7 Å². The standard InChI is InChI=1S/C17H25NO2S/c1-17(2,3)21-12-16(19)18(14-7-8-14)11-13-5-9-15(20-4)10-6-13/h5-6,9-10,14H,7-8,11-12H2,1-4H3. The molecule has 0 bridgehead atoms. The van der Waals surface area contributed by atoms with Gasteiger partial charge in [-0.05, 0) is 30.5 Å². The lowest BCUT2D eigenvalue weighted by Crippen LogP contribution is -2.34. The van der Waals surface area contributed by atoms with E-state index in [2.05, 4.69) is 20.8 Å². The Morgan fingerprint density at radius 2 is 1.90 bits per heavy atom. The second-order valence-electron chi connectivity index (χ2n) is 6.50. The fourth-order valence-corrected chi connectivity index (χ4v) is 2.82. The van der Waals surface area contributed by atoms with E-state index in [1.807, 2.05) is 29.2 Å². The molecular formula is C17H25NO2S. The summed E-state index contributed by atoms with van der Waals surface area (Å²) in [5.74, 6) is 1.68. The molecule has 0 atom stereocenters. The van der Waals surface area contributed by atoms with Crippen LogP contribution in [0.3, 0.4) is 0 Å². The first-order chi connectivity index (χ1) is 9.89. The molecule has 0 saturated heterocycles. The minimum absolute atomic E-state index is 0.130. The molecule has 0 aliphatic heterocycles. The summed E-state index contributed by atoms with van der Waals surface area (Å²) < 4.78 is 5.30. The quantitative estimate of drug-likeness (QED) is 0.802. The third-order valence-corrected chi connectivity index (χ3v) is 4.71. The molecule has 0 radical (unpaired) electrons. The first-order valence-electron chi connectivity index (χ1n) is 7.45. The topological polar surface area (TPSA) is 29.5 Å². The van der Waals surface area contributed by atoms with E-state index < -0.39 is 0 Å². The number of thioether (sulfide) groups is 1. The van der Waals surface area contributed by atoms with E-state index in [9.17, 15) is 4.79 Å². The minimum Gasteiger partial charge on any atom is -0.497 e. The van der Waals surface area contributed by atoms with E-state index in [4.69, 9.17) is 4.74 Å². The van der Waals surface area contributed by atoms with E-state index in [0.29, 0.717) is 18.3 Å². The average molecular weight is 307 g/mol. The van der Waals surface area contributed by atoms with E-state index in [1.165, 1.54) is 0 Å². The molecule has 1 saturated carbocycles. The van der Waals surface area contributed by atoms with Gasteiger partial charge in [-0.2, -0.15) is 0 Å². The van der Waals surface area contributed by atoms with Crippen molar-refractivity contribution in [3.63, 3.8) is 0 Å². The first kappa shape index (κ1) is 16.2. The number of hydrogen-bond donors (Lipinski definition) is 0. The Hall–Kier alpha value is -1.16. The number of nitrogens with zero attached hydrogens (tertiary/aromatic N) is 1.